The summed E-state index contributed by atoms with van der Waals surface area (Å²) in [5, 5.41) is 0. The molecule has 0 radical (unpaired) electrons. The van der Waals surface area contributed by atoms with Crippen molar-refractivity contribution >= 4 is 40.5 Å². The second-order valence-electron chi connectivity index (χ2n) is 6.27. The number of nitrogens with zero attached hydrogens (tertiary/aromatic N) is 1. The molecule has 0 saturated heterocycles. The summed E-state index contributed by atoms with van der Waals surface area (Å²) >= 11 is 2.25. The van der Waals surface area contributed by atoms with E-state index in [9.17, 15) is 9.18 Å². The topological polar surface area (TPSA) is 47.9 Å². The van der Waals surface area contributed by atoms with E-state index in [2.05, 4.69) is 27.6 Å². The highest BCUT2D eigenvalue weighted by Crippen LogP contribution is 2.26. The van der Waals surface area contributed by atoms with E-state index in [1.54, 1.807) is 18.2 Å². The van der Waals surface area contributed by atoms with Gasteiger partial charge in [0, 0.05) is 9.13 Å². The Balaban J connectivity index is 1.58. The Bertz CT molecular complexity index is 1120. The third-order valence-electron chi connectivity index (χ3n) is 4.24. The zero-order valence-corrected chi connectivity index (χ0v) is 17.3. The first-order chi connectivity index (χ1) is 14.1. The number of rotatable bonds is 5. The van der Waals surface area contributed by atoms with Gasteiger partial charge in [-0.2, -0.15) is 0 Å². The average molecular weight is 499 g/mol. The first kappa shape index (κ1) is 19.3. The van der Waals surface area contributed by atoms with Gasteiger partial charge in [0.2, 0.25) is 5.90 Å². The van der Waals surface area contributed by atoms with Crippen molar-refractivity contribution in [1.29, 1.82) is 0 Å². The lowest BCUT2D eigenvalue weighted by atomic mass is 10.1. The van der Waals surface area contributed by atoms with Crippen LogP contribution in [0, 0.1) is 9.39 Å². The highest BCUT2D eigenvalue weighted by molar-refractivity contribution is 14.1. The lowest BCUT2D eigenvalue weighted by Gasteiger charge is -2.09. The molecule has 0 aromatic heterocycles. The molecule has 0 fully saturated rings. The number of aliphatic imine (C=N–C) groups is 1. The number of esters is 1. The van der Waals surface area contributed by atoms with Crippen LogP contribution in [0.5, 0.6) is 5.75 Å². The molecule has 0 spiro atoms. The second-order valence-corrected chi connectivity index (χ2v) is 7.51. The monoisotopic (exact) mass is 499 g/mol. The summed E-state index contributed by atoms with van der Waals surface area (Å²) in [7, 11) is 0. The van der Waals surface area contributed by atoms with Gasteiger partial charge in [-0.15, -0.1) is 0 Å². The number of carbonyl (C=O) groups excluding carboxylic acids is 1. The third kappa shape index (κ3) is 4.54. The van der Waals surface area contributed by atoms with Crippen molar-refractivity contribution in [1.82, 2.24) is 0 Å². The van der Waals surface area contributed by atoms with Gasteiger partial charge in [-0.05, 0) is 64.6 Å². The van der Waals surface area contributed by atoms with Crippen LogP contribution < -0.4 is 4.74 Å². The molecule has 3 aromatic rings. The van der Waals surface area contributed by atoms with E-state index in [1.807, 2.05) is 48.5 Å². The molecule has 0 bridgehead atoms. The van der Waals surface area contributed by atoms with E-state index in [1.165, 1.54) is 12.1 Å². The number of carbonyl (C=O) groups is 1. The lowest BCUT2D eigenvalue weighted by Crippen LogP contribution is -2.07. The smallest absolute Gasteiger partial charge is 0.363 e. The zero-order chi connectivity index (χ0) is 20.2. The molecular formula is C23H15FINO3. The Kier molecular flexibility index (Phi) is 5.71. The molecule has 0 aliphatic carbocycles. The van der Waals surface area contributed by atoms with Gasteiger partial charge in [0.25, 0.3) is 0 Å². The van der Waals surface area contributed by atoms with Crippen molar-refractivity contribution in [3.8, 4) is 5.75 Å². The molecule has 1 aliphatic rings. The standard InChI is InChI=1S/C23H15FINO3/c24-19-7-3-2-6-18(19)22-26-20(23(27)29-22)13-16-5-1-4-8-21(16)28-14-15-9-11-17(25)12-10-15/h1-13H,14H2/b20-13-. The summed E-state index contributed by atoms with van der Waals surface area (Å²) in [6.07, 6.45) is 1.58. The maximum atomic E-state index is 14.0. The molecule has 6 heteroatoms. The first-order valence-corrected chi connectivity index (χ1v) is 9.92. The quantitative estimate of drug-likeness (QED) is 0.270. The van der Waals surface area contributed by atoms with Crippen LogP contribution in [0.15, 0.2) is 83.5 Å². The van der Waals surface area contributed by atoms with Gasteiger partial charge in [-0.25, -0.2) is 14.2 Å². The summed E-state index contributed by atoms with van der Waals surface area (Å²) in [5.74, 6) is -0.560. The molecular weight excluding hydrogens is 484 g/mol. The van der Waals surface area contributed by atoms with Crippen LogP contribution in [0.2, 0.25) is 0 Å². The Morgan fingerprint density at radius 1 is 1.00 bits per heavy atom. The maximum absolute atomic E-state index is 14.0. The maximum Gasteiger partial charge on any atom is 0.363 e. The number of cyclic esters (lactones) is 1. The number of halogens is 2. The van der Waals surface area contributed by atoms with E-state index in [-0.39, 0.29) is 17.2 Å². The van der Waals surface area contributed by atoms with Gasteiger partial charge in [0.15, 0.2) is 5.70 Å². The normalized spacial score (nSPS) is 14.6. The molecule has 0 unspecified atom stereocenters. The van der Waals surface area contributed by atoms with Crippen LogP contribution in [-0.4, -0.2) is 11.9 Å². The van der Waals surface area contributed by atoms with E-state index in [4.69, 9.17) is 9.47 Å². The van der Waals surface area contributed by atoms with Gasteiger partial charge in [0.1, 0.15) is 18.2 Å². The van der Waals surface area contributed by atoms with Gasteiger partial charge < -0.3 is 9.47 Å². The highest BCUT2D eigenvalue weighted by atomic mass is 127. The number of hydrogen-bond acceptors (Lipinski definition) is 4. The first-order valence-electron chi connectivity index (χ1n) is 8.84. The molecule has 0 atom stereocenters. The van der Waals surface area contributed by atoms with E-state index < -0.39 is 11.8 Å². The van der Waals surface area contributed by atoms with Gasteiger partial charge in [-0.1, -0.05) is 42.5 Å². The third-order valence-corrected chi connectivity index (χ3v) is 4.96. The average Bonchev–Trinajstić information content (AvgIpc) is 3.09. The van der Waals surface area contributed by atoms with E-state index in [0.717, 1.165) is 9.13 Å². The van der Waals surface area contributed by atoms with Crippen molar-refractivity contribution < 1.29 is 18.7 Å². The molecule has 4 nitrogen and oxygen atoms in total. The molecule has 3 aromatic carbocycles. The SMILES string of the molecule is O=C1OC(c2ccccc2F)=N/C1=C\c1ccccc1OCc1ccc(I)cc1. The lowest BCUT2D eigenvalue weighted by molar-refractivity contribution is -0.129. The molecule has 1 heterocycles. The zero-order valence-electron chi connectivity index (χ0n) is 15.1. The highest BCUT2D eigenvalue weighted by Gasteiger charge is 2.26. The molecule has 0 N–H and O–H groups in total. The minimum Gasteiger partial charge on any atom is -0.488 e. The van der Waals surface area contributed by atoms with Crippen LogP contribution in [0.25, 0.3) is 6.08 Å². The van der Waals surface area contributed by atoms with E-state index >= 15 is 0 Å². The van der Waals surface area contributed by atoms with Crippen molar-refractivity contribution in [3.63, 3.8) is 0 Å². The van der Waals surface area contributed by atoms with Crippen LogP contribution in [0.4, 0.5) is 4.39 Å². The van der Waals surface area contributed by atoms with Crippen molar-refractivity contribution in [2.75, 3.05) is 0 Å². The Morgan fingerprint density at radius 3 is 2.52 bits per heavy atom. The predicted molar refractivity (Wildman–Crippen MR) is 117 cm³/mol. The number of hydrogen-bond donors (Lipinski definition) is 0. The summed E-state index contributed by atoms with van der Waals surface area (Å²) in [4.78, 5) is 16.4. The summed E-state index contributed by atoms with van der Waals surface area (Å²) < 4.78 is 26.2. The number of ether oxygens (including phenoxy) is 2. The van der Waals surface area contributed by atoms with Crippen molar-refractivity contribution in [3.05, 3.63) is 105 Å². The van der Waals surface area contributed by atoms with Gasteiger partial charge >= 0.3 is 5.97 Å². The van der Waals surface area contributed by atoms with Crippen LogP contribution in [-0.2, 0) is 16.1 Å². The summed E-state index contributed by atoms with van der Waals surface area (Å²) in [6, 6.07) is 21.4. The molecule has 0 amide bonds. The fourth-order valence-electron chi connectivity index (χ4n) is 2.78. The number of benzene rings is 3. The molecule has 29 heavy (non-hydrogen) atoms. The van der Waals surface area contributed by atoms with E-state index in [0.29, 0.717) is 17.9 Å². The second kappa shape index (κ2) is 8.57. The van der Waals surface area contributed by atoms with Crippen LogP contribution in [0.3, 0.4) is 0 Å². The Labute approximate surface area is 180 Å². The Morgan fingerprint density at radius 2 is 1.72 bits per heavy atom. The fraction of sp³-hybridized carbons (Fsp3) is 0.0435. The van der Waals surface area contributed by atoms with Gasteiger partial charge in [0.05, 0.1) is 5.56 Å². The molecule has 144 valence electrons. The molecule has 4 rings (SSSR count). The molecule has 0 saturated carbocycles. The van der Waals surface area contributed by atoms with Crippen LogP contribution in [0.1, 0.15) is 16.7 Å². The van der Waals surface area contributed by atoms with Gasteiger partial charge in [-0.3, -0.25) is 0 Å². The summed E-state index contributed by atoms with van der Waals surface area (Å²) in [5.41, 5.74) is 1.96. The minimum atomic E-state index is -0.629. The van der Waals surface area contributed by atoms with Crippen molar-refractivity contribution in [2.45, 2.75) is 6.61 Å². The van der Waals surface area contributed by atoms with Crippen LogP contribution >= 0.6 is 22.6 Å². The van der Waals surface area contributed by atoms with Crippen molar-refractivity contribution in [2.24, 2.45) is 4.99 Å². The Hall–Kier alpha value is -3.00. The largest absolute Gasteiger partial charge is 0.488 e. The predicted octanol–water partition coefficient (Wildman–Crippen LogP) is 5.35. The number of para-hydroxylation sites is 1. The minimum absolute atomic E-state index is 0.0448. The molecule has 1 aliphatic heterocycles. The summed E-state index contributed by atoms with van der Waals surface area (Å²) in [6.45, 7) is 0.394. The fourth-order valence-corrected chi connectivity index (χ4v) is 3.14.